The van der Waals surface area contributed by atoms with Gasteiger partial charge in [0.2, 0.25) is 5.76 Å². The Morgan fingerprint density at radius 2 is 2.20 bits per heavy atom. The van der Waals surface area contributed by atoms with Gasteiger partial charge >= 0.3 is 11.7 Å². The van der Waals surface area contributed by atoms with Crippen LogP contribution in [0.1, 0.15) is 41.4 Å². The second-order valence-electron chi connectivity index (χ2n) is 4.89. The summed E-state index contributed by atoms with van der Waals surface area (Å²) in [6.45, 7) is 0.860. The minimum atomic E-state index is -1.12. The van der Waals surface area contributed by atoms with E-state index in [-0.39, 0.29) is 18.0 Å². The van der Waals surface area contributed by atoms with Gasteiger partial charge in [0.15, 0.2) is 0 Å². The van der Waals surface area contributed by atoms with Crippen molar-refractivity contribution in [3.8, 4) is 0 Å². The van der Waals surface area contributed by atoms with Crippen LogP contribution in [0.15, 0.2) is 21.3 Å². The number of carboxylic acids is 1. The quantitative estimate of drug-likeness (QED) is 0.907. The first-order valence-corrected chi connectivity index (χ1v) is 6.63. The van der Waals surface area contributed by atoms with Crippen molar-refractivity contribution in [1.29, 1.82) is 0 Å². The predicted molar refractivity (Wildman–Crippen MR) is 68.8 cm³/mol. The number of hydrogen-bond acceptors (Lipinski definition) is 4. The summed E-state index contributed by atoms with van der Waals surface area (Å²) >= 11 is 0. The van der Waals surface area contributed by atoms with Gasteiger partial charge in [0.1, 0.15) is 18.1 Å². The van der Waals surface area contributed by atoms with Gasteiger partial charge < -0.3 is 9.52 Å². The molecule has 2 aromatic heterocycles. The molecule has 0 aromatic carbocycles. The highest BCUT2D eigenvalue weighted by molar-refractivity contribution is 5.84. The zero-order chi connectivity index (χ0) is 14.1. The van der Waals surface area contributed by atoms with Gasteiger partial charge in [-0.1, -0.05) is 6.42 Å². The summed E-state index contributed by atoms with van der Waals surface area (Å²) in [7, 11) is 0. The maximum absolute atomic E-state index is 12.2. The van der Waals surface area contributed by atoms with Crippen molar-refractivity contribution in [1.82, 2.24) is 14.3 Å². The van der Waals surface area contributed by atoms with E-state index in [1.165, 1.54) is 10.7 Å². The van der Waals surface area contributed by atoms with E-state index in [1.807, 2.05) is 0 Å². The smallest absolute Gasteiger partial charge is 0.371 e. The third-order valence-electron chi connectivity index (χ3n) is 3.46. The van der Waals surface area contributed by atoms with Crippen molar-refractivity contribution in [2.45, 2.75) is 38.8 Å². The minimum absolute atomic E-state index is 0.131. The van der Waals surface area contributed by atoms with E-state index >= 15 is 0 Å². The third kappa shape index (κ3) is 2.26. The molecule has 0 bridgehead atoms. The molecule has 7 heteroatoms. The zero-order valence-corrected chi connectivity index (χ0v) is 10.9. The molecule has 0 fully saturated rings. The molecule has 1 aliphatic heterocycles. The number of aromatic carboxylic acids is 1. The Kier molecular flexibility index (Phi) is 3.17. The second-order valence-corrected chi connectivity index (χ2v) is 4.89. The number of carbonyl (C=O) groups is 1. The highest BCUT2D eigenvalue weighted by atomic mass is 16.4. The van der Waals surface area contributed by atoms with E-state index in [0.29, 0.717) is 12.3 Å². The van der Waals surface area contributed by atoms with Gasteiger partial charge in [0.25, 0.3) is 0 Å². The number of nitrogens with zero attached hydrogens (tertiary/aromatic N) is 3. The van der Waals surface area contributed by atoms with Crippen LogP contribution in [0.2, 0.25) is 0 Å². The molecule has 1 N–H and O–H groups in total. The van der Waals surface area contributed by atoms with Crippen LogP contribution in [-0.4, -0.2) is 25.4 Å². The van der Waals surface area contributed by atoms with Crippen LogP contribution in [0, 0.1) is 0 Å². The largest absolute Gasteiger partial charge is 0.475 e. The Morgan fingerprint density at radius 1 is 1.35 bits per heavy atom. The summed E-state index contributed by atoms with van der Waals surface area (Å²) in [6, 6.07) is 2.93. The van der Waals surface area contributed by atoms with Crippen LogP contribution in [-0.2, 0) is 19.5 Å². The molecule has 7 nitrogen and oxygen atoms in total. The molecule has 3 rings (SSSR count). The molecule has 0 unspecified atom stereocenters. The predicted octanol–water partition coefficient (Wildman–Crippen LogP) is 1.11. The molecule has 106 valence electrons. The fraction of sp³-hybridized carbons (Fsp3) is 0.462. The summed E-state index contributed by atoms with van der Waals surface area (Å²) < 4.78 is 8.19. The average Bonchev–Trinajstić information content (AvgIpc) is 2.90. The van der Waals surface area contributed by atoms with E-state index in [4.69, 9.17) is 9.52 Å². The highest BCUT2D eigenvalue weighted by Gasteiger charge is 2.17. The van der Waals surface area contributed by atoms with Gasteiger partial charge in [-0.2, -0.15) is 5.10 Å². The Hall–Kier alpha value is -2.31. The number of aromatic nitrogens is 3. The molecular weight excluding hydrogens is 262 g/mol. The minimum Gasteiger partial charge on any atom is -0.475 e. The molecule has 2 aromatic rings. The summed E-state index contributed by atoms with van der Waals surface area (Å²) in [6.07, 6.45) is 3.95. The van der Waals surface area contributed by atoms with Gasteiger partial charge in [0.05, 0.1) is 0 Å². The van der Waals surface area contributed by atoms with Crippen LogP contribution >= 0.6 is 0 Å². The zero-order valence-electron chi connectivity index (χ0n) is 10.9. The summed E-state index contributed by atoms with van der Waals surface area (Å²) in [4.78, 5) is 23.0. The Balaban J connectivity index is 1.87. The fourth-order valence-electron chi connectivity index (χ4n) is 2.45. The van der Waals surface area contributed by atoms with Gasteiger partial charge in [-0.3, -0.25) is 4.57 Å². The van der Waals surface area contributed by atoms with Gasteiger partial charge in [0, 0.05) is 13.0 Å². The number of rotatable bonds is 3. The number of fused-ring (bicyclic) bond motifs is 1. The second kappa shape index (κ2) is 4.99. The molecule has 0 aliphatic carbocycles. The van der Waals surface area contributed by atoms with E-state index in [2.05, 4.69) is 5.10 Å². The monoisotopic (exact) mass is 277 g/mol. The molecular formula is C13H15N3O4. The maximum atomic E-state index is 12.2. The first-order chi connectivity index (χ1) is 9.65. The SMILES string of the molecule is O=C(O)c1ccc(Cn2nc3n(c2=O)CCCCC3)o1. The maximum Gasteiger partial charge on any atom is 0.371 e. The molecule has 0 spiro atoms. The van der Waals surface area contributed by atoms with E-state index in [9.17, 15) is 9.59 Å². The van der Waals surface area contributed by atoms with E-state index < -0.39 is 5.97 Å². The van der Waals surface area contributed by atoms with Crippen molar-refractivity contribution in [2.75, 3.05) is 0 Å². The average molecular weight is 277 g/mol. The Bertz CT molecular complexity index is 695. The molecule has 0 saturated carbocycles. The molecule has 3 heterocycles. The topological polar surface area (TPSA) is 90.3 Å². The van der Waals surface area contributed by atoms with Crippen molar-refractivity contribution < 1.29 is 14.3 Å². The lowest BCUT2D eigenvalue weighted by Gasteiger charge is -1.97. The Labute approximate surface area is 114 Å². The molecule has 0 radical (unpaired) electrons. The van der Waals surface area contributed by atoms with Crippen molar-refractivity contribution in [3.05, 3.63) is 40.0 Å². The molecule has 20 heavy (non-hydrogen) atoms. The molecule has 1 aliphatic rings. The summed E-state index contributed by atoms with van der Waals surface area (Å²) in [5, 5.41) is 13.1. The lowest BCUT2D eigenvalue weighted by Crippen LogP contribution is -2.25. The lowest BCUT2D eigenvalue weighted by atomic mass is 10.2. The number of furan rings is 1. The third-order valence-corrected chi connectivity index (χ3v) is 3.46. The number of hydrogen-bond donors (Lipinski definition) is 1. The van der Waals surface area contributed by atoms with E-state index in [0.717, 1.165) is 31.5 Å². The van der Waals surface area contributed by atoms with Gasteiger partial charge in [-0.15, -0.1) is 0 Å². The molecule has 0 saturated heterocycles. The van der Waals surface area contributed by atoms with Gasteiger partial charge in [-0.05, 0) is 25.0 Å². The first-order valence-electron chi connectivity index (χ1n) is 6.63. The van der Waals surface area contributed by atoms with Gasteiger partial charge in [-0.25, -0.2) is 14.3 Å². The van der Waals surface area contributed by atoms with Crippen molar-refractivity contribution >= 4 is 5.97 Å². The van der Waals surface area contributed by atoms with Crippen molar-refractivity contribution in [2.24, 2.45) is 0 Å². The Morgan fingerprint density at radius 3 is 2.95 bits per heavy atom. The summed E-state index contributed by atoms with van der Waals surface area (Å²) in [5.74, 6) is -0.0340. The highest BCUT2D eigenvalue weighted by Crippen LogP contribution is 2.12. The van der Waals surface area contributed by atoms with Crippen LogP contribution < -0.4 is 5.69 Å². The standard InChI is InChI=1S/C13H15N3O4/c17-12(18)10-6-5-9(20-10)8-16-13(19)15-7-3-1-2-4-11(15)14-16/h5-6H,1-4,7-8H2,(H,17,18). The summed E-state index contributed by atoms with van der Waals surface area (Å²) in [5.41, 5.74) is -0.157. The lowest BCUT2D eigenvalue weighted by molar-refractivity contribution is 0.0660. The van der Waals surface area contributed by atoms with Crippen LogP contribution in [0.3, 0.4) is 0 Å². The van der Waals surface area contributed by atoms with Crippen LogP contribution in [0.4, 0.5) is 0 Å². The van der Waals surface area contributed by atoms with Crippen molar-refractivity contribution in [3.63, 3.8) is 0 Å². The van der Waals surface area contributed by atoms with E-state index in [1.54, 1.807) is 10.6 Å². The number of carboxylic acid groups (broad SMARTS) is 1. The molecule has 0 atom stereocenters. The number of aryl methyl sites for hydroxylation is 1. The van der Waals surface area contributed by atoms with Crippen LogP contribution in [0.5, 0.6) is 0 Å². The normalized spacial score (nSPS) is 14.8. The fourth-order valence-corrected chi connectivity index (χ4v) is 2.45. The van der Waals surface area contributed by atoms with Crippen LogP contribution in [0.25, 0.3) is 0 Å². The first kappa shape index (κ1) is 12.7. The molecule has 0 amide bonds.